The highest BCUT2D eigenvalue weighted by atomic mass is 19.4. The van der Waals surface area contributed by atoms with E-state index >= 15 is 0 Å². The van der Waals surface area contributed by atoms with Gasteiger partial charge in [0.2, 0.25) is 0 Å². The van der Waals surface area contributed by atoms with E-state index in [1.54, 1.807) is 23.3 Å². The molecule has 2 aliphatic heterocycles. The number of carbonyl (C=O) groups excluding carboxylic acids is 1. The molecule has 10 heteroatoms. The molecule has 5 nitrogen and oxygen atoms in total. The number of nitrogens with zero attached hydrogens (tertiary/aromatic N) is 3. The first-order chi connectivity index (χ1) is 16.2. The average Bonchev–Trinajstić information content (AvgIpc) is 2.84. The Morgan fingerprint density at radius 3 is 2.53 bits per heavy atom. The molecule has 2 aromatic carbocycles. The molecule has 0 radical (unpaired) electrons. The van der Waals surface area contributed by atoms with Crippen LogP contribution in [0, 0.1) is 24.1 Å². The lowest BCUT2D eigenvalue weighted by molar-refractivity contribution is -0.137. The van der Waals surface area contributed by atoms with Crippen molar-refractivity contribution in [3.63, 3.8) is 0 Å². The Bertz CT molecular complexity index is 1200. The number of allylic oxidation sites excluding steroid dienone is 2. The number of benzene rings is 2. The Labute approximate surface area is 192 Å². The summed E-state index contributed by atoms with van der Waals surface area (Å²) in [7, 11) is 0. The van der Waals surface area contributed by atoms with E-state index in [4.69, 9.17) is 6.42 Å². The zero-order valence-electron chi connectivity index (χ0n) is 17.7. The fraction of sp³-hybridized carbons (Fsp3) is 0.208. The van der Waals surface area contributed by atoms with Crippen molar-refractivity contribution in [1.82, 2.24) is 10.3 Å². The van der Waals surface area contributed by atoms with Crippen LogP contribution in [0.1, 0.15) is 15.9 Å². The van der Waals surface area contributed by atoms with E-state index in [0.717, 1.165) is 24.3 Å². The van der Waals surface area contributed by atoms with Crippen molar-refractivity contribution in [2.75, 3.05) is 29.5 Å². The van der Waals surface area contributed by atoms with Gasteiger partial charge in [-0.2, -0.15) is 13.2 Å². The molecule has 0 aliphatic carbocycles. The summed E-state index contributed by atoms with van der Waals surface area (Å²) >= 11 is 0. The van der Waals surface area contributed by atoms with Crippen molar-refractivity contribution >= 4 is 17.7 Å². The molecule has 0 amide bonds. The second kappa shape index (κ2) is 9.19. The highest BCUT2D eigenvalue weighted by Crippen LogP contribution is 2.36. The number of carbonyl (C=O) groups is 1. The van der Waals surface area contributed by atoms with Gasteiger partial charge in [-0.25, -0.2) is 18.8 Å². The van der Waals surface area contributed by atoms with E-state index in [9.17, 15) is 26.7 Å². The number of halogens is 5. The fourth-order valence-corrected chi connectivity index (χ4v) is 4.08. The molecule has 4 rings (SSSR count). The molecule has 0 aromatic heterocycles. The smallest absolute Gasteiger partial charge is 0.360 e. The molecule has 1 N–H and O–H groups in total. The van der Waals surface area contributed by atoms with Gasteiger partial charge in [0.1, 0.15) is 0 Å². The Balaban J connectivity index is 1.78. The molecular formula is C24H19F5N4O. The van der Waals surface area contributed by atoms with Crippen molar-refractivity contribution in [3.8, 4) is 12.5 Å². The van der Waals surface area contributed by atoms with Crippen LogP contribution in [0.2, 0.25) is 0 Å². The maximum absolute atomic E-state index is 14.0. The predicted octanol–water partition coefficient (Wildman–Crippen LogP) is 4.30. The largest absolute Gasteiger partial charge is 0.417 e. The number of aldehydes is 1. The summed E-state index contributed by atoms with van der Waals surface area (Å²) in [5.74, 6) is -2.09. The fourth-order valence-electron chi connectivity index (χ4n) is 4.08. The van der Waals surface area contributed by atoms with Crippen LogP contribution in [-0.4, -0.2) is 37.0 Å². The van der Waals surface area contributed by atoms with Crippen LogP contribution < -0.4 is 15.2 Å². The zero-order valence-corrected chi connectivity index (χ0v) is 17.7. The lowest BCUT2D eigenvalue weighted by Crippen LogP contribution is -2.56. The first kappa shape index (κ1) is 23.3. The van der Waals surface area contributed by atoms with Gasteiger partial charge in [-0.15, -0.1) is 0 Å². The molecular weight excluding hydrogens is 455 g/mol. The lowest BCUT2D eigenvalue weighted by Gasteiger charge is -2.45. The van der Waals surface area contributed by atoms with E-state index in [2.05, 4.69) is 11.4 Å². The molecule has 34 heavy (non-hydrogen) atoms. The molecule has 1 unspecified atom stereocenters. The van der Waals surface area contributed by atoms with Crippen LogP contribution in [0.3, 0.4) is 0 Å². The van der Waals surface area contributed by atoms with Crippen LogP contribution in [-0.2, 0) is 6.18 Å². The molecule has 1 fully saturated rings. The van der Waals surface area contributed by atoms with Crippen LogP contribution in [0.4, 0.5) is 33.3 Å². The zero-order chi connectivity index (χ0) is 24.5. The highest BCUT2D eigenvalue weighted by Gasteiger charge is 2.36. The maximum Gasteiger partial charge on any atom is 0.417 e. The van der Waals surface area contributed by atoms with Crippen LogP contribution in [0.25, 0.3) is 0 Å². The summed E-state index contributed by atoms with van der Waals surface area (Å²) < 4.78 is 68.3. The number of hydrogen-bond acceptors (Lipinski definition) is 5. The summed E-state index contributed by atoms with van der Waals surface area (Å²) in [5, 5.41) is 6.05. The van der Waals surface area contributed by atoms with Gasteiger partial charge >= 0.3 is 6.18 Å². The van der Waals surface area contributed by atoms with Gasteiger partial charge in [-0.1, -0.05) is 6.42 Å². The topological polar surface area (TPSA) is 38.8 Å². The molecule has 0 bridgehead atoms. The average molecular weight is 474 g/mol. The van der Waals surface area contributed by atoms with Crippen molar-refractivity contribution in [3.05, 3.63) is 83.2 Å². The first-order valence-electron chi connectivity index (χ1n) is 10.3. The molecule has 1 atom stereocenters. The first-order valence-corrected chi connectivity index (χ1v) is 10.3. The van der Waals surface area contributed by atoms with Gasteiger partial charge in [0.25, 0.3) is 0 Å². The minimum Gasteiger partial charge on any atom is -0.360 e. The number of piperazine rings is 1. The molecule has 176 valence electrons. The quantitative estimate of drug-likeness (QED) is 0.407. The van der Waals surface area contributed by atoms with E-state index in [-0.39, 0.29) is 17.7 Å². The van der Waals surface area contributed by atoms with E-state index in [1.807, 2.05) is 0 Å². The Morgan fingerprint density at radius 2 is 1.85 bits per heavy atom. The van der Waals surface area contributed by atoms with Crippen molar-refractivity contribution in [1.29, 1.82) is 0 Å². The Kier molecular flexibility index (Phi) is 6.30. The SMILES string of the molecule is C#CN1C=CC=C(C2CNCCN2c2ccc(C=O)c(C(F)(F)F)c2)N1c1ccc(F)c(F)c1. The molecule has 0 spiro atoms. The Hall–Kier alpha value is -3.84. The van der Waals surface area contributed by atoms with Gasteiger partial charge < -0.3 is 10.2 Å². The van der Waals surface area contributed by atoms with Crippen molar-refractivity contribution in [2.45, 2.75) is 12.2 Å². The van der Waals surface area contributed by atoms with Crippen molar-refractivity contribution < 1.29 is 26.7 Å². The molecule has 2 aromatic rings. The van der Waals surface area contributed by atoms with E-state index in [1.165, 1.54) is 22.2 Å². The number of hydrogen-bond donors (Lipinski definition) is 1. The van der Waals surface area contributed by atoms with Gasteiger partial charge in [0.15, 0.2) is 17.9 Å². The predicted molar refractivity (Wildman–Crippen MR) is 118 cm³/mol. The monoisotopic (exact) mass is 474 g/mol. The van der Waals surface area contributed by atoms with Crippen LogP contribution >= 0.6 is 0 Å². The lowest BCUT2D eigenvalue weighted by atomic mass is 10.0. The third-order valence-corrected chi connectivity index (χ3v) is 5.62. The second-order valence-electron chi connectivity index (χ2n) is 7.62. The highest BCUT2D eigenvalue weighted by molar-refractivity contribution is 5.79. The third-order valence-electron chi connectivity index (χ3n) is 5.62. The summed E-state index contributed by atoms with van der Waals surface area (Å²) in [5.41, 5.74) is -0.448. The van der Waals surface area contributed by atoms with Gasteiger partial charge in [-0.3, -0.25) is 4.79 Å². The maximum atomic E-state index is 14.0. The van der Waals surface area contributed by atoms with Crippen LogP contribution in [0.5, 0.6) is 0 Å². The standard InChI is InChI=1S/C24H19F5N4O/c1-2-31-10-3-4-22(33(31)18-7-8-20(25)21(26)13-18)23-14-30-9-11-32(23)17-6-5-16(15-34)19(12-17)24(27,28)29/h1,3-8,10,12-13,15,23,30H,9,11,14H2. The van der Waals surface area contributed by atoms with E-state index in [0.29, 0.717) is 25.3 Å². The Morgan fingerprint density at radius 1 is 1.09 bits per heavy atom. The van der Waals surface area contributed by atoms with Gasteiger partial charge in [0.05, 0.1) is 23.0 Å². The second-order valence-corrected chi connectivity index (χ2v) is 7.62. The summed E-state index contributed by atoms with van der Waals surface area (Å²) in [6.07, 6.45) is 6.02. The summed E-state index contributed by atoms with van der Waals surface area (Å²) in [6.45, 7) is 1.20. The number of rotatable bonds is 4. The third kappa shape index (κ3) is 4.34. The van der Waals surface area contributed by atoms with Crippen LogP contribution in [0.15, 0.2) is 60.4 Å². The molecule has 0 saturated carbocycles. The minimum atomic E-state index is -4.71. The van der Waals surface area contributed by atoms with Gasteiger partial charge in [-0.05, 0) is 42.5 Å². The minimum absolute atomic E-state index is 0.173. The number of terminal acetylenes is 1. The van der Waals surface area contributed by atoms with Gasteiger partial charge in [0, 0.05) is 49.2 Å². The molecule has 1 saturated heterocycles. The summed E-state index contributed by atoms with van der Waals surface area (Å²) in [4.78, 5) is 12.9. The number of alkyl halides is 3. The van der Waals surface area contributed by atoms with Crippen molar-refractivity contribution in [2.24, 2.45) is 0 Å². The number of anilines is 2. The molecule has 2 aliphatic rings. The molecule has 2 heterocycles. The number of hydrazine groups is 1. The van der Waals surface area contributed by atoms with E-state index < -0.39 is 35.0 Å². The normalized spacial score (nSPS) is 18.5. The summed E-state index contributed by atoms with van der Waals surface area (Å²) in [6, 6.07) is 8.79. The number of nitrogens with one attached hydrogen (secondary N) is 1.